The molecule has 4 heteroatoms. The molecule has 0 aliphatic heterocycles. The molecule has 2 aromatic rings. The molecule has 96 valence electrons. The molecule has 3 nitrogen and oxygen atoms in total. The Morgan fingerprint density at radius 3 is 2.83 bits per heavy atom. The van der Waals surface area contributed by atoms with E-state index in [-0.39, 0.29) is 0 Å². The maximum Gasteiger partial charge on any atom is 0.122 e. The van der Waals surface area contributed by atoms with Crippen LogP contribution in [0.15, 0.2) is 35.7 Å². The number of benzene rings is 1. The van der Waals surface area contributed by atoms with E-state index in [2.05, 4.69) is 11.4 Å². The van der Waals surface area contributed by atoms with Crippen molar-refractivity contribution in [1.82, 2.24) is 5.32 Å². The molecule has 0 amide bonds. The predicted octanol–water partition coefficient (Wildman–Crippen LogP) is 2.67. The molecule has 0 bridgehead atoms. The fourth-order valence-electron chi connectivity index (χ4n) is 1.83. The Morgan fingerprint density at radius 1 is 1.28 bits per heavy atom. The van der Waals surface area contributed by atoms with Gasteiger partial charge < -0.3 is 15.8 Å². The Bertz CT molecular complexity index is 496. The van der Waals surface area contributed by atoms with Crippen LogP contribution in [-0.2, 0) is 13.0 Å². The van der Waals surface area contributed by atoms with E-state index in [0.717, 1.165) is 30.9 Å². The molecule has 1 aromatic heterocycles. The van der Waals surface area contributed by atoms with Crippen molar-refractivity contribution < 1.29 is 4.74 Å². The molecule has 0 aliphatic rings. The first kappa shape index (κ1) is 12.9. The van der Waals surface area contributed by atoms with Crippen molar-refractivity contribution >= 4 is 17.0 Å². The van der Waals surface area contributed by atoms with Gasteiger partial charge in [0.25, 0.3) is 0 Å². The summed E-state index contributed by atoms with van der Waals surface area (Å²) in [5.74, 6) is 0.954. The number of rotatable bonds is 6. The Balaban J connectivity index is 1.80. The SMILES string of the molecule is COc1ccccc1CCNCc1sccc1N. The van der Waals surface area contributed by atoms with Crippen LogP contribution < -0.4 is 15.8 Å². The van der Waals surface area contributed by atoms with E-state index in [1.165, 1.54) is 10.4 Å². The molecule has 0 saturated heterocycles. The quantitative estimate of drug-likeness (QED) is 0.787. The third-order valence-corrected chi connectivity index (χ3v) is 3.77. The Hall–Kier alpha value is -1.52. The largest absolute Gasteiger partial charge is 0.496 e. The topological polar surface area (TPSA) is 47.3 Å². The fraction of sp³-hybridized carbons (Fsp3) is 0.286. The van der Waals surface area contributed by atoms with Crippen LogP contribution in [0.3, 0.4) is 0 Å². The lowest BCUT2D eigenvalue weighted by atomic mass is 10.1. The molecule has 18 heavy (non-hydrogen) atoms. The summed E-state index contributed by atoms with van der Waals surface area (Å²) in [7, 11) is 1.71. The monoisotopic (exact) mass is 262 g/mol. The molecular formula is C14H18N2OS. The number of thiophene rings is 1. The van der Waals surface area contributed by atoms with Gasteiger partial charge in [0.1, 0.15) is 5.75 Å². The summed E-state index contributed by atoms with van der Waals surface area (Å²) in [5.41, 5.74) is 7.94. The summed E-state index contributed by atoms with van der Waals surface area (Å²) in [5, 5.41) is 5.42. The number of anilines is 1. The van der Waals surface area contributed by atoms with Gasteiger partial charge in [-0.3, -0.25) is 0 Å². The summed E-state index contributed by atoms with van der Waals surface area (Å²) in [4.78, 5) is 1.20. The zero-order chi connectivity index (χ0) is 12.8. The van der Waals surface area contributed by atoms with E-state index >= 15 is 0 Å². The van der Waals surface area contributed by atoms with Gasteiger partial charge in [0, 0.05) is 17.1 Å². The number of nitrogens with one attached hydrogen (secondary N) is 1. The molecule has 0 spiro atoms. The van der Waals surface area contributed by atoms with Crippen molar-refractivity contribution in [2.24, 2.45) is 0 Å². The first-order chi connectivity index (χ1) is 8.81. The van der Waals surface area contributed by atoms with Gasteiger partial charge in [-0.2, -0.15) is 0 Å². The van der Waals surface area contributed by atoms with E-state index in [1.807, 2.05) is 29.6 Å². The van der Waals surface area contributed by atoms with Gasteiger partial charge in [-0.25, -0.2) is 0 Å². The molecule has 0 unspecified atom stereocenters. The molecule has 1 heterocycles. The van der Waals surface area contributed by atoms with E-state index in [4.69, 9.17) is 10.5 Å². The van der Waals surface area contributed by atoms with Gasteiger partial charge in [0.05, 0.1) is 7.11 Å². The molecule has 0 radical (unpaired) electrons. The summed E-state index contributed by atoms with van der Waals surface area (Å²) in [6.45, 7) is 1.75. The molecule has 3 N–H and O–H groups in total. The zero-order valence-corrected chi connectivity index (χ0v) is 11.3. The highest BCUT2D eigenvalue weighted by Gasteiger charge is 2.02. The van der Waals surface area contributed by atoms with Gasteiger partial charge in [0.15, 0.2) is 0 Å². The number of hydrogen-bond donors (Lipinski definition) is 2. The summed E-state index contributed by atoms with van der Waals surface area (Å²) in [6, 6.07) is 10.1. The van der Waals surface area contributed by atoms with Gasteiger partial charge in [-0.1, -0.05) is 18.2 Å². The normalized spacial score (nSPS) is 10.5. The molecule has 0 saturated carbocycles. The molecule has 0 atom stereocenters. The van der Waals surface area contributed by atoms with Crippen molar-refractivity contribution in [2.75, 3.05) is 19.4 Å². The van der Waals surface area contributed by atoms with Crippen LogP contribution in [0, 0.1) is 0 Å². The number of hydrogen-bond acceptors (Lipinski definition) is 4. The Morgan fingerprint density at radius 2 is 2.11 bits per heavy atom. The molecular weight excluding hydrogens is 244 g/mol. The Kier molecular flexibility index (Phi) is 4.61. The highest BCUT2D eigenvalue weighted by Crippen LogP contribution is 2.19. The standard InChI is InChI=1S/C14H18N2OS/c1-17-13-5-3-2-4-11(13)6-8-16-10-14-12(15)7-9-18-14/h2-5,7,9,16H,6,8,10,15H2,1H3. The average Bonchev–Trinajstić information content (AvgIpc) is 2.81. The van der Waals surface area contributed by atoms with Crippen LogP contribution in [0.4, 0.5) is 5.69 Å². The minimum atomic E-state index is 0.832. The number of ether oxygens (including phenoxy) is 1. The number of nitrogens with two attached hydrogens (primary N) is 1. The van der Waals surface area contributed by atoms with Gasteiger partial charge in [-0.15, -0.1) is 11.3 Å². The first-order valence-electron chi connectivity index (χ1n) is 5.95. The van der Waals surface area contributed by atoms with Crippen molar-refractivity contribution in [3.05, 3.63) is 46.2 Å². The Labute approximate surface area is 112 Å². The summed E-state index contributed by atoms with van der Waals surface area (Å²) >= 11 is 1.69. The minimum absolute atomic E-state index is 0.832. The molecule has 2 rings (SSSR count). The van der Waals surface area contributed by atoms with Crippen LogP contribution in [0.25, 0.3) is 0 Å². The van der Waals surface area contributed by atoms with Crippen LogP contribution in [0.2, 0.25) is 0 Å². The second-order valence-corrected chi connectivity index (χ2v) is 5.04. The maximum absolute atomic E-state index is 5.83. The summed E-state index contributed by atoms with van der Waals surface area (Å²) < 4.78 is 5.32. The van der Waals surface area contributed by atoms with Gasteiger partial charge in [-0.05, 0) is 36.0 Å². The molecule has 1 aromatic carbocycles. The smallest absolute Gasteiger partial charge is 0.122 e. The second-order valence-electron chi connectivity index (χ2n) is 4.04. The minimum Gasteiger partial charge on any atom is -0.496 e. The highest BCUT2D eigenvalue weighted by molar-refractivity contribution is 7.10. The number of para-hydroxylation sites is 1. The fourth-order valence-corrected chi connectivity index (χ4v) is 2.60. The van der Waals surface area contributed by atoms with Crippen LogP contribution in [-0.4, -0.2) is 13.7 Å². The third-order valence-electron chi connectivity index (χ3n) is 2.83. The van der Waals surface area contributed by atoms with Gasteiger partial charge >= 0.3 is 0 Å². The number of methoxy groups -OCH3 is 1. The highest BCUT2D eigenvalue weighted by atomic mass is 32.1. The van der Waals surface area contributed by atoms with Crippen molar-refractivity contribution in [2.45, 2.75) is 13.0 Å². The van der Waals surface area contributed by atoms with E-state index < -0.39 is 0 Å². The predicted molar refractivity (Wildman–Crippen MR) is 77.1 cm³/mol. The van der Waals surface area contributed by atoms with Crippen molar-refractivity contribution in [1.29, 1.82) is 0 Å². The second kappa shape index (κ2) is 6.42. The maximum atomic E-state index is 5.83. The lowest BCUT2D eigenvalue weighted by molar-refractivity contribution is 0.409. The van der Waals surface area contributed by atoms with E-state index in [1.54, 1.807) is 18.4 Å². The number of nitrogen functional groups attached to an aromatic ring is 1. The van der Waals surface area contributed by atoms with Crippen molar-refractivity contribution in [3.63, 3.8) is 0 Å². The van der Waals surface area contributed by atoms with Crippen molar-refractivity contribution in [3.8, 4) is 5.75 Å². The van der Waals surface area contributed by atoms with E-state index in [9.17, 15) is 0 Å². The first-order valence-corrected chi connectivity index (χ1v) is 6.83. The summed E-state index contributed by atoms with van der Waals surface area (Å²) in [6.07, 6.45) is 0.954. The van der Waals surface area contributed by atoms with Crippen LogP contribution in [0.1, 0.15) is 10.4 Å². The van der Waals surface area contributed by atoms with Crippen LogP contribution >= 0.6 is 11.3 Å². The lowest BCUT2D eigenvalue weighted by Crippen LogP contribution is -2.16. The molecule has 0 fully saturated rings. The zero-order valence-electron chi connectivity index (χ0n) is 10.5. The third kappa shape index (κ3) is 3.24. The average molecular weight is 262 g/mol. The van der Waals surface area contributed by atoms with Crippen LogP contribution in [0.5, 0.6) is 5.75 Å². The van der Waals surface area contributed by atoms with Gasteiger partial charge in [0.2, 0.25) is 0 Å². The van der Waals surface area contributed by atoms with E-state index in [0.29, 0.717) is 0 Å². The molecule has 0 aliphatic carbocycles. The lowest BCUT2D eigenvalue weighted by Gasteiger charge is -2.08.